The van der Waals surface area contributed by atoms with Gasteiger partial charge in [-0.2, -0.15) is 0 Å². The third-order valence-electron chi connectivity index (χ3n) is 4.53. The molecule has 8 heteroatoms. The lowest BCUT2D eigenvalue weighted by molar-refractivity contribution is 0.122. The van der Waals surface area contributed by atoms with Crippen molar-refractivity contribution >= 4 is 15.7 Å². The Bertz CT molecular complexity index is 882. The van der Waals surface area contributed by atoms with E-state index in [0.29, 0.717) is 13.0 Å². The van der Waals surface area contributed by atoms with E-state index in [1.165, 1.54) is 12.1 Å². The predicted molar refractivity (Wildman–Crippen MR) is 106 cm³/mol. The minimum absolute atomic E-state index is 0.0433. The van der Waals surface area contributed by atoms with Crippen molar-refractivity contribution in [3.05, 3.63) is 53.8 Å². The van der Waals surface area contributed by atoms with E-state index >= 15 is 0 Å². The van der Waals surface area contributed by atoms with Gasteiger partial charge in [0.05, 0.1) is 24.7 Å². The molecule has 2 aromatic rings. The third-order valence-corrected chi connectivity index (χ3v) is 5.99. The van der Waals surface area contributed by atoms with Gasteiger partial charge in [0.1, 0.15) is 0 Å². The maximum absolute atomic E-state index is 13.9. The van der Waals surface area contributed by atoms with E-state index in [-0.39, 0.29) is 17.2 Å². The molecule has 0 spiro atoms. The summed E-state index contributed by atoms with van der Waals surface area (Å²) in [7, 11) is -3.78. The van der Waals surface area contributed by atoms with Gasteiger partial charge in [-0.05, 0) is 49.2 Å². The van der Waals surface area contributed by atoms with E-state index in [9.17, 15) is 12.8 Å². The summed E-state index contributed by atoms with van der Waals surface area (Å²) in [5.41, 5.74) is 2.16. The molecule has 1 heterocycles. The van der Waals surface area contributed by atoms with Crippen LogP contribution in [0.4, 0.5) is 10.1 Å². The zero-order valence-electron chi connectivity index (χ0n) is 15.9. The Hall–Kier alpha value is -2.16. The van der Waals surface area contributed by atoms with Crippen LogP contribution in [0.25, 0.3) is 0 Å². The number of hydrogen-bond acceptors (Lipinski definition) is 5. The molecule has 1 aliphatic heterocycles. The summed E-state index contributed by atoms with van der Waals surface area (Å²) in [6.07, 6.45) is 0.544. The molecule has 152 valence electrons. The van der Waals surface area contributed by atoms with Gasteiger partial charge in [-0.3, -0.25) is 0 Å². The van der Waals surface area contributed by atoms with Crippen molar-refractivity contribution in [3.63, 3.8) is 0 Å². The molecule has 6 nitrogen and oxygen atoms in total. The summed E-state index contributed by atoms with van der Waals surface area (Å²) in [4.78, 5) is 2.15. The van der Waals surface area contributed by atoms with Crippen molar-refractivity contribution in [3.8, 4) is 5.75 Å². The Kier molecular flexibility index (Phi) is 6.88. The number of sulfonamides is 1. The van der Waals surface area contributed by atoms with Crippen molar-refractivity contribution in [1.29, 1.82) is 0 Å². The highest BCUT2D eigenvalue weighted by molar-refractivity contribution is 7.89. The molecule has 0 aliphatic carbocycles. The summed E-state index contributed by atoms with van der Waals surface area (Å²) in [5, 5.41) is 0. The maximum atomic E-state index is 13.9. The number of ether oxygens (including phenoxy) is 2. The Labute approximate surface area is 165 Å². The van der Waals surface area contributed by atoms with E-state index in [1.54, 1.807) is 6.92 Å². The monoisotopic (exact) mass is 408 g/mol. The molecule has 28 heavy (non-hydrogen) atoms. The fraction of sp³-hybridized carbons (Fsp3) is 0.400. The van der Waals surface area contributed by atoms with Crippen LogP contribution in [0.1, 0.15) is 12.5 Å². The first-order chi connectivity index (χ1) is 13.5. The number of rotatable bonds is 8. The predicted octanol–water partition coefficient (Wildman–Crippen LogP) is 2.58. The van der Waals surface area contributed by atoms with Gasteiger partial charge in [-0.1, -0.05) is 12.1 Å². The average molecular weight is 408 g/mol. The molecule has 3 rings (SSSR count). The van der Waals surface area contributed by atoms with Crippen LogP contribution in [0.3, 0.4) is 0 Å². The largest absolute Gasteiger partial charge is 0.491 e. The van der Waals surface area contributed by atoms with E-state index in [1.807, 2.05) is 24.3 Å². The average Bonchev–Trinajstić information content (AvgIpc) is 2.71. The van der Waals surface area contributed by atoms with E-state index in [2.05, 4.69) is 9.62 Å². The van der Waals surface area contributed by atoms with Crippen molar-refractivity contribution < 1.29 is 22.3 Å². The molecule has 1 N–H and O–H groups in total. The summed E-state index contributed by atoms with van der Waals surface area (Å²) in [6.45, 7) is 5.49. The molecule has 0 bridgehead atoms. The second kappa shape index (κ2) is 9.36. The molecule has 0 aromatic heterocycles. The lowest BCUT2D eigenvalue weighted by atomic mass is 10.1. The van der Waals surface area contributed by atoms with Crippen LogP contribution in [-0.4, -0.2) is 47.9 Å². The minimum atomic E-state index is -3.78. The third kappa shape index (κ3) is 5.21. The van der Waals surface area contributed by atoms with Gasteiger partial charge in [0.25, 0.3) is 0 Å². The smallest absolute Gasteiger partial charge is 0.240 e. The molecular weight excluding hydrogens is 383 g/mol. The van der Waals surface area contributed by atoms with Crippen molar-refractivity contribution in [2.75, 3.05) is 44.4 Å². The summed E-state index contributed by atoms with van der Waals surface area (Å²) < 4.78 is 51.6. The number of nitrogens with one attached hydrogen (secondary N) is 1. The molecule has 0 unspecified atom stereocenters. The summed E-state index contributed by atoms with van der Waals surface area (Å²) in [5.74, 6) is -0.648. The van der Waals surface area contributed by atoms with Crippen LogP contribution in [-0.2, 0) is 21.2 Å². The zero-order chi connectivity index (χ0) is 20.0. The highest BCUT2D eigenvalue weighted by Crippen LogP contribution is 2.21. The Morgan fingerprint density at radius 3 is 2.50 bits per heavy atom. The van der Waals surface area contributed by atoms with Crippen molar-refractivity contribution in [2.24, 2.45) is 0 Å². The number of nitrogens with zero attached hydrogens (tertiary/aromatic N) is 1. The van der Waals surface area contributed by atoms with Gasteiger partial charge in [0.2, 0.25) is 10.0 Å². The van der Waals surface area contributed by atoms with Gasteiger partial charge in [0.15, 0.2) is 11.6 Å². The molecule has 1 aliphatic rings. The van der Waals surface area contributed by atoms with Crippen LogP contribution in [0.15, 0.2) is 47.4 Å². The second-order valence-corrected chi connectivity index (χ2v) is 8.21. The lowest BCUT2D eigenvalue weighted by Crippen LogP contribution is -2.36. The van der Waals surface area contributed by atoms with Gasteiger partial charge in [0, 0.05) is 25.3 Å². The molecule has 0 atom stereocenters. The fourth-order valence-corrected chi connectivity index (χ4v) is 4.07. The summed E-state index contributed by atoms with van der Waals surface area (Å²) >= 11 is 0. The molecule has 2 aromatic carbocycles. The minimum Gasteiger partial charge on any atom is -0.491 e. The normalized spacial score (nSPS) is 14.9. The SMILES string of the molecule is CCOc1ccc(S(=O)(=O)NCCc2ccc(N3CCOCC3)cc2)cc1F. The first-order valence-corrected chi connectivity index (χ1v) is 10.8. The first kappa shape index (κ1) is 20.6. The summed E-state index contributed by atoms with van der Waals surface area (Å²) in [6, 6.07) is 11.7. The van der Waals surface area contributed by atoms with Gasteiger partial charge < -0.3 is 14.4 Å². The number of morpholine rings is 1. The zero-order valence-corrected chi connectivity index (χ0v) is 16.7. The van der Waals surface area contributed by atoms with Crippen LogP contribution >= 0.6 is 0 Å². The van der Waals surface area contributed by atoms with Gasteiger partial charge in [-0.25, -0.2) is 17.5 Å². The molecule has 0 radical (unpaired) electrons. The Balaban J connectivity index is 1.55. The second-order valence-electron chi connectivity index (χ2n) is 6.44. The topological polar surface area (TPSA) is 67.9 Å². The van der Waals surface area contributed by atoms with Gasteiger partial charge >= 0.3 is 0 Å². The highest BCUT2D eigenvalue weighted by atomic mass is 32.2. The van der Waals surface area contributed by atoms with Crippen molar-refractivity contribution in [1.82, 2.24) is 4.72 Å². The van der Waals surface area contributed by atoms with Crippen molar-refractivity contribution in [2.45, 2.75) is 18.2 Å². The molecular formula is C20H25FN2O4S. The van der Waals surface area contributed by atoms with Crippen LogP contribution in [0, 0.1) is 5.82 Å². The standard InChI is InChI=1S/C20H25FN2O4S/c1-2-27-20-8-7-18(15-19(20)21)28(24,25)22-10-9-16-3-5-17(6-4-16)23-11-13-26-14-12-23/h3-8,15,22H,2,9-14H2,1H3. The number of anilines is 1. The highest BCUT2D eigenvalue weighted by Gasteiger charge is 2.16. The van der Waals surface area contributed by atoms with Crippen LogP contribution in [0.2, 0.25) is 0 Å². The first-order valence-electron chi connectivity index (χ1n) is 9.33. The Morgan fingerprint density at radius 1 is 1.14 bits per heavy atom. The lowest BCUT2D eigenvalue weighted by Gasteiger charge is -2.28. The molecule has 1 fully saturated rings. The molecule has 0 saturated carbocycles. The van der Waals surface area contributed by atoms with E-state index in [4.69, 9.17) is 9.47 Å². The molecule has 0 amide bonds. The number of halogens is 1. The van der Waals surface area contributed by atoms with Gasteiger partial charge in [-0.15, -0.1) is 0 Å². The molecule has 1 saturated heterocycles. The van der Waals surface area contributed by atoms with E-state index < -0.39 is 15.8 Å². The number of benzene rings is 2. The quantitative estimate of drug-likeness (QED) is 0.727. The van der Waals surface area contributed by atoms with Crippen LogP contribution < -0.4 is 14.4 Å². The van der Waals surface area contributed by atoms with Crippen LogP contribution in [0.5, 0.6) is 5.75 Å². The fourth-order valence-electron chi connectivity index (χ4n) is 3.03. The van der Waals surface area contributed by atoms with E-state index in [0.717, 1.165) is 43.6 Å². The number of hydrogen-bond donors (Lipinski definition) is 1. The Morgan fingerprint density at radius 2 is 1.86 bits per heavy atom. The maximum Gasteiger partial charge on any atom is 0.240 e.